The fourth-order valence-corrected chi connectivity index (χ4v) is 4.03. The van der Waals surface area contributed by atoms with E-state index in [0.29, 0.717) is 18.7 Å². The summed E-state index contributed by atoms with van der Waals surface area (Å²) in [4.78, 5) is 17.5. The first kappa shape index (κ1) is 20.9. The molecule has 1 fully saturated rings. The molecule has 1 aromatic carbocycles. The summed E-state index contributed by atoms with van der Waals surface area (Å²) in [6.45, 7) is 6.47. The zero-order valence-corrected chi connectivity index (χ0v) is 16.6. The van der Waals surface area contributed by atoms with Gasteiger partial charge in [-0.25, -0.2) is 0 Å². The molecule has 26 heavy (non-hydrogen) atoms. The van der Waals surface area contributed by atoms with Crippen LogP contribution in [-0.2, 0) is 11.3 Å². The minimum absolute atomic E-state index is 0. The lowest BCUT2D eigenvalue weighted by Gasteiger charge is -2.34. The molecule has 3 rings (SSSR count). The third kappa shape index (κ3) is 5.28. The number of rotatable bonds is 6. The first-order valence-electron chi connectivity index (χ1n) is 8.62. The Morgan fingerprint density at radius 1 is 1.23 bits per heavy atom. The summed E-state index contributed by atoms with van der Waals surface area (Å²) in [7, 11) is 0. The summed E-state index contributed by atoms with van der Waals surface area (Å²) in [6, 6.07) is 12.0. The van der Waals surface area contributed by atoms with Crippen molar-refractivity contribution in [2.24, 2.45) is 5.73 Å². The number of halogens is 1. The number of carbonyl (C=O) groups excluding carboxylic acids is 1. The lowest BCUT2D eigenvalue weighted by Crippen LogP contribution is -2.43. The molecule has 0 spiro atoms. The molecule has 0 aliphatic carbocycles. The number of nitrogens with zero attached hydrogens (tertiary/aromatic N) is 1. The fraction of sp³-hybridized carbons (Fsp3) is 0.421. The molecular formula is C19H26ClN3O2S. The minimum Gasteiger partial charge on any atom is -0.379 e. The molecule has 0 saturated carbocycles. The van der Waals surface area contributed by atoms with E-state index in [2.05, 4.69) is 29.3 Å². The van der Waals surface area contributed by atoms with Crippen molar-refractivity contribution in [3.05, 3.63) is 57.3 Å². The van der Waals surface area contributed by atoms with Gasteiger partial charge < -0.3 is 15.8 Å². The van der Waals surface area contributed by atoms with Crippen LogP contribution in [-0.4, -0.2) is 43.7 Å². The number of carbonyl (C=O) groups is 1. The van der Waals surface area contributed by atoms with Gasteiger partial charge in [-0.1, -0.05) is 12.1 Å². The Balaban J connectivity index is 0.00000243. The lowest BCUT2D eigenvalue weighted by atomic mass is 10.1. The van der Waals surface area contributed by atoms with Crippen LogP contribution in [0.1, 0.15) is 31.7 Å². The highest BCUT2D eigenvalue weighted by molar-refractivity contribution is 7.12. The molecule has 1 amide bonds. The van der Waals surface area contributed by atoms with Gasteiger partial charge >= 0.3 is 0 Å². The number of aryl methyl sites for hydroxylation is 1. The second-order valence-corrected chi connectivity index (χ2v) is 7.54. The minimum atomic E-state index is -0.0462. The third-order valence-corrected chi connectivity index (χ3v) is 5.59. The molecule has 0 radical (unpaired) electrons. The number of hydrogen-bond donors (Lipinski definition) is 2. The lowest BCUT2D eigenvalue weighted by molar-refractivity contribution is 0.0169. The van der Waals surface area contributed by atoms with Gasteiger partial charge in [0.25, 0.3) is 5.91 Å². The largest absolute Gasteiger partial charge is 0.379 e. The monoisotopic (exact) mass is 395 g/mol. The topological polar surface area (TPSA) is 67.6 Å². The summed E-state index contributed by atoms with van der Waals surface area (Å²) in [6.07, 6.45) is 0. The van der Waals surface area contributed by atoms with Gasteiger partial charge in [-0.15, -0.1) is 23.7 Å². The smallest absolute Gasteiger partial charge is 0.251 e. The predicted molar refractivity (Wildman–Crippen MR) is 108 cm³/mol. The average molecular weight is 396 g/mol. The number of amides is 1. The van der Waals surface area contributed by atoms with Crippen LogP contribution in [0.3, 0.4) is 0 Å². The van der Waals surface area contributed by atoms with E-state index < -0.39 is 0 Å². The van der Waals surface area contributed by atoms with E-state index >= 15 is 0 Å². The maximum absolute atomic E-state index is 12.5. The second-order valence-electron chi connectivity index (χ2n) is 6.22. The van der Waals surface area contributed by atoms with E-state index in [1.807, 2.05) is 24.3 Å². The Hall–Kier alpha value is -1.44. The molecule has 0 bridgehead atoms. The predicted octanol–water partition coefficient (Wildman–Crippen LogP) is 2.74. The number of morpholine rings is 1. The van der Waals surface area contributed by atoms with Crippen LogP contribution in [0.5, 0.6) is 0 Å². The van der Waals surface area contributed by atoms with E-state index in [1.54, 1.807) is 11.3 Å². The Labute approximate surface area is 164 Å². The molecule has 7 heteroatoms. The van der Waals surface area contributed by atoms with Crippen LogP contribution < -0.4 is 11.1 Å². The van der Waals surface area contributed by atoms with Gasteiger partial charge in [-0.3, -0.25) is 9.69 Å². The van der Waals surface area contributed by atoms with E-state index in [1.165, 1.54) is 9.75 Å². The van der Waals surface area contributed by atoms with Crippen LogP contribution in [0.25, 0.3) is 0 Å². The molecule has 142 valence electrons. The Kier molecular flexibility index (Phi) is 8.06. The van der Waals surface area contributed by atoms with E-state index in [9.17, 15) is 4.79 Å². The molecule has 5 nitrogen and oxygen atoms in total. The zero-order chi connectivity index (χ0) is 17.6. The number of thiophene rings is 1. The Morgan fingerprint density at radius 3 is 2.50 bits per heavy atom. The van der Waals surface area contributed by atoms with Crippen molar-refractivity contribution in [3.8, 4) is 0 Å². The van der Waals surface area contributed by atoms with Gasteiger partial charge in [-0.2, -0.15) is 0 Å². The summed E-state index contributed by atoms with van der Waals surface area (Å²) in [5, 5.41) is 3.10. The highest BCUT2D eigenvalue weighted by atomic mass is 35.5. The normalized spacial score (nSPS) is 15.9. The van der Waals surface area contributed by atoms with Gasteiger partial charge in [0.1, 0.15) is 0 Å². The second kappa shape index (κ2) is 10.0. The molecule has 1 aromatic heterocycles. The SMILES string of the molecule is Cc1ccc(C(CNC(=O)c2ccc(CN)cc2)N2CCOCC2)s1.Cl. The summed E-state index contributed by atoms with van der Waals surface area (Å²) >= 11 is 1.79. The van der Waals surface area contributed by atoms with Crippen molar-refractivity contribution in [1.29, 1.82) is 0 Å². The van der Waals surface area contributed by atoms with Gasteiger partial charge in [0.05, 0.1) is 19.3 Å². The van der Waals surface area contributed by atoms with Crippen molar-refractivity contribution >= 4 is 29.7 Å². The van der Waals surface area contributed by atoms with Crippen LogP contribution in [0.15, 0.2) is 36.4 Å². The molecule has 1 atom stereocenters. The Bertz CT molecular complexity index is 699. The summed E-state index contributed by atoms with van der Waals surface area (Å²) in [5.74, 6) is -0.0462. The first-order valence-corrected chi connectivity index (χ1v) is 9.44. The van der Waals surface area contributed by atoms with Crippen molar-refractivity contribution in [2.45, 2.75) is 19.5 Å². The Morgan fingerprint density at radius 2 is 1.92 bits per heavy atom. The van der Waals surface area contributed by atoms with Gasteiger partial charge in [-0.05, 0) is 36.8 Å². The van der Waals surface area contributed by atoms with Crippen molar-refractivity contribution < 1.29 is 9.53 Å². The molecule has 2 aromatic rings. The number of ether oxygens (including phenoxy) is 1. The number of benzene rings is 1. The van der Waals surface area contributed by atoms with Crippen LogP contribution in [0.4, 0.5) is 0 Å². The molecule has 3 N–H and O–H groups in total. The van der Waals surface area contributed by atoms with Crippen LogP contribution in [0, 0.1) is 6.92 Å². The average Bonchev–Trinajstić information content (AvgIpc) is 3.09. The maximum atomic E-state index is 12.5. The number of nitrogens with two attached hydrogens (primary N) is 1. The molecule has 1 aliphatic heterocycles. The van der Waals surface area contributed by atoms with Gasteiger partial charge in [0.15, 0.2) is 0 Å². The molecule has 1 unspecified atom stereocenters. The third-order valence-electron chi connectivity index (χ3n) is 4.48. The first-order chi connectivity index (χ1) is 12.2. The van der Waals surface area contributed by atoms with E-state index in [-0.39, 0.29) is 24.4 Å². The summed E-state index contributed by atoms with van der Waals surface area (Å²) in [5.41, 5.74) is 7.30. The quantitative estimate of drug-likeness (QED) is 0.789. The molecule has 1 saturated heterocycles. The highest BCUT2D eigenvalue weighted by Gasteiger charge is 2.24. The van der Waals surface area contributed by atoms with Gasteiger partial charge in [0.2, 0.25) is 0 Å². The highest BCUT2D eigenvalue weighted by Crippen LogP contribution is 2.28. The maximum Gasteiger partial charge on any atom is 0.251 e. The van der Waals surface area contributed by atoms with Crippen molar-refractivity contribution in [3.63, 3.8) is 0 Å². The fourth-order valence-electron chi connectivity index (χ4n) is 3.01. The van der Waals surface area contributed by atoms with Crippen LogP contribution >= 0.6 is 23.7 Å². The summed E-state index contributed by atoms with van der Waals surface area (Å²) < 4.78 is 5.47. The molecular weight excluding hydrogens is 370 g/mol. The van der Waals surface area contributed by atoms with Crippen LogP contribution in [0.2, 0.25) is 0 Å². The van der Waals surface area contributed by atoms with E-state index in [0.717, 1.165) is 31.9 Å². The van der Waals surface area contributed by atoms with Crippen molar-refractivity contribution in [1.82, 2.24) is 10.2 Å². The number of nitrogens with one attached hydrogen (secondary N) is 1. The number of hydrogen-bond acceptors (Lipinski definition) is 5. The molecule has 2 heterocycles. The van der Waals surface area contributed by atoms with E-state index in [4.69, 9.17) is 10.5 Å². The van der Waals surface area contributed by atoms with Gasteiger partial charge in [0, 0.05) is 41.5 Å². The molecule has 1 aliphatic rings. The zero-order valence-electron chi connectivity index (χ0n) is 14.9. The van der Waals surface area contributed by atoms with Crippen molar-refractivity contribution in [2.75, 3.05) is 32.8 Å². The standard InChI is InChI=1S/C19H25N3O2S.ClH/c1-14-2-7-18(25-14)17(22-8-10-24-11-9-22)13-21-19(23)16-5-3-15(12-20)4-6-16;/h2-7,17H,8-13,20H2,1H3,(H,21,23);1H.